The number of aromatic nitrogens is 2. The van der Waals surface area contributed by atoms with Crippen molar-refractivity contribution in [2.45, 2.75) is 25.3 Å². The van der Waals surface area contributed by atoms with Crippen LogP contribution in [-0.2, 0) is 6.54 Å². The summed E-state index contributed by atoms with van der Waals surface area (Å²) in [6.45, 7) is 5.46. The van der Waals surface area contributed by atoms with Crippen molar-refractivity contribution in [1.29, 1.82) is 0 Å². The zero-order valence-corrected chi connectivity index (χ0v) is 21.0. The minimum absolute atomic E-state index is 0.0338. The number of rotatable bonds is 6. The van der Waals surface area contributed by atoms with Crippen molar-refractivity contribution in [2.75, 3.05) is 46.9 Å². The maximum atomic E-state index is 14.1. The standard InChI is InChI=1S/C27H30N4O3S/c1-29-10-12-30(13-11-29)14-15-31-25(19-9-8-18(34-2)16-21(19)17-6-7-17)28-26-23(27(31)33)20-4-3-5-22(32)24(20)35-26/h3-5,8-9,16-17,32H,6-7,10-15H2,1-2H3. The van der Waals surface area contributed by atoms with Gasteiger partial charge in [-0.25, -0.2) is 4.98 Å². The Morgan fingerprint density at radius 1 is 1.11 bits per heavy atom. The van der Waals surface area contributed by atoms with Crippen LogP contribution in [0.4, 0.5) is 0 Å². The molecule has 6 rings (SSSR count). The first-order chi connectivity index (χ1) is 17.0. The van der Waals surface area contributed by atoms with Gasteiger partial charge in [-0.3, -0.25) is 14.3 Å². The van der Waals surface area contributed by atoms with Gasteiger partial charge >= 0.3 is 0 Å². The fraction of sp³-hybridized carbons (Fsp3) is 0.407. The molecule has 0 amide bonds. The number of aromatic hydroxyl groups is 1. The van der Waals surface area contributed by atoms with Gasteiger partial charge in [-0.1, -0.05) is 12.1 Å². The summed E-state index contributed by atoms with van der Waals surface area (Å²) in [5.74, 6) is 2.21. The third kappa shape index (κ3) is 4.09. The van der Waals surface area contributed by atoms with Crippen LogP contribution in [0.15, 0.2) is 41.2 Å². The van der Waals surface area contributed by atoms with E-state index in [0.29, 0.717) is 33.2 Å². The molecule has 4 aromatic rings. The van der Waals surface area contributed by atoms with Crippen molar-refractivity contribution in [3.05, 3.63) is 52.3 Å². The molecule has 35 heavy (non-hydrogen) atoms. The molecule has 1 aliphatic heterocycles. The zero-order valence-electron chi connectivity index (χ0n) is 20.2. The molecule has 1 N–H and O–H groups in total. The summed E-state index contributed by atoms with van der Waals surface area (Å²) in [6, 6.07) is 11.5. The number of hydrogen-bond acceptors (Lipinski definition) is 7. The van der Waals surface area contributed by atoms with E-state index in [1.807, 2.05) is 16.7 Å². The molecule has 2 fully saturated rings. The van der Waals surface area contributed by atoms with Gasteiger partial charge < -0.3 is 14.7 Å². The molecule has 8 heteroatoms. The highest BCUT2D eigenvalue weighted by molar-refractivity contribution is 7.25. The lowest BCUT2D eigenvalue weighted by molar-refractivity contribution is 0.150. The summed E-state index contributed by atoms with van der Waals surface area (Å²) >= 11 is 1.39. The van der Waals surface area contributed by atoms with Crippen LogP contribution < -0.4 is 10.3 Å². The summed E-state index contributed by atoms with van der Waals surface area (Å²) in [4.78, 5) is 24.6. The van der Waals surface area contributed by atoms with Crippen molar-refractivity contribution in [1.82, 2.24) is 19.4 Å². The van der Waals surface area contributed by atoms with Crippen LogP contribution >= 0.6 is 11.3 Å². The highest BCUT2D eigenvalue weighted by Crippen LogP contribution is 2.46. The first-order valence-corrected chi connectivity index (χ1v) is 13.1. The number of likely N-dealkylation sites (N-methyl/N-ethyl adjacent to an activating group) is 1. The van der Waals surface area contributed by atoms with Crippen molar-refractivity contribution < 1.29 is 9.84 Å². The van der Waals surface area contributed by atoms with Crippen molar-refractivity contribution in [3.63, 3.8) is 0 Å². The monoisotopic (exact) mass is 490 g/mol. The minimum Gasteiger partial charge on any atom is -0.506 e. The van der Waals surface area contributed by atoms with E-state index in [4.69, 9.17) is 9.72 Å². The Morgan fingerprint density at radius 3 is 2.66 bits per heavy atom. The molecular weight excluding hydrogens is 460 g/mol. The summed E-state index contributed by atoms with van der Waals surface area (Å²) < 4.78 is 8.09. The maximum absolute atomic E-state index is 14.1. The second kappa shape index (κ2) is 8.93. The summed E-state index contributed by atoms with van der Waals surface area (Å²) in [5.41, 5.74) is 2.17. The highest BCUT2D eigenvalue weighted by Gasteiger charge is 2.29. The van der Waals surface area contributed by atoms with E-state index in [-0.39, 0.29) is 11.3 Å². The third-order valence-corrected chi connectivity index (χ3v) is 8.47. The van der Waals surface area contributed by atoms with E-state index in [9.17, 15) is 9.90 Å². The molecule has 2 aromatic carbocycles. The Morgan fingerprint density at radius 2 is 1.91 bits per heavy atom. The van der Waals surface area contributed by atoms with Gasteiger partial charge in [0.2, 0.25) is 0 Å². The number of piperazine rings is 1. The molecule has 1 saturated heterocycles. The number of hydrogen-bond donors (Lipinski definition) is 1. The van der Waals surface area contributed by atoms with Gasteiger partial charge in [-0.2, -0.15) is 0 Å². The Balaban J connectivity index is 1.52. The predicted octanol–water partition coefficient (Wildman–Crippen LogP) is 4.12. The largest absolute Gasteiger partial charge is 0.506 e. The summed E-state index contributed by atoms with van der Waals surface area (Å²) in [7, 11) is 3.84. The highest BCUT2D eigenvalue weighted by atomic mass is 32.1. The van der Waals surface area contributed by atoms with E-state index in [1.165, 1.54) is 16.9 Å². The summed E-state index contributed by atoms with van der Waals surface area (Å²) in [5, 5.41) is 11.8. The maximum Gasteiger partial charge on any atom is 0.263 e. The quantitative estimate of drug-likeness (QED) is 0.439. The molecule has 182 valence electrons. The van der Waals surface area contributed by atoms with Crippen LogP contribution in [0.3, 0.4) is 0 Å². The lowest BCUT2D eigenvalue weighted by atomic mass is 10.0. The molecule has 2 aromatic heterocycles. The molecule has 0 unspecified atom stereocenters. The van der Waals surface area contributed by atoms with E-state index >= 15 is 0 Å². The zero-order chi connectivity index (χ0) is 24.1. The molecule has 7 nitrogen and oxygen atoms in total. The van der Waals surface area contributed by atoms with E-state index in [2.05, 4.69) is 29.0 Å². The van der Waals surface area contributed by atoms with E-state index in [0.717, 1.165) is 62.3 Å². The average Bonchev–Trinajstić information content (AvgIpc) is 3.64. The van der Waals surface area contributed by atoms with Crippen LogP contribution in [0.1, 0.15) is 24.3 Å². The fourth-order valence-corrected chi connectivity index (χ4v) is 6.17. The van der Waals surface area contributed by atoms with Crippen molar-refractivity contribution >= 4 is 31.6 Å². The number of thiophene rings is 1. The minimum atomic E-state index is -0.0338. The number of methoxy groups -OCH3 is 1. The van der Waals surface area contributed by atoms with E-state index in [1.54, 1.807) is 19.2 Å². The number of nitrogens with zero attached hydrogens (tertiary/aromatic N) is 4. The van der Waals surface area contributed by atoms with Crippen LogP contribution in [0.5, 0.6) is 11.5 Å². The van der Waals surface area contributed by atoms with Gasteiger partial charge in [0.25, 0.3) is 5.56 Å². The molecule has 0 radical (unpaired) electrons. The molecule has 0 bridgehead atoms. The Bertz CT molecular complexity index is 1470. The number of fused-ring (bicyclic) bond motifs is 3. The number of phenolic OH excluding ortho intramolecular Hbond substituents is 1. The Labute approximate surface area is 208 Å². The smallest absolute Gasteiger partial charge is 0.263 e. The predicted molar refractivity (Wildman–Crippen MR) is 141 cm³/mol. The number of benzene rings is 2. The van der Waals surface area contributed by atoms with Crippen LogP contribution in [0, 0.1) is 0 Å². The van der Waals surface area contributed by atoms with Crippen LogP contribution in [0.2, 0.25) is 0 Å². The van der Waals surface area contributed by atoms with Gasteiger partial charge in [0, 0.05) is 50.2 Å². The van der Waals surface area contributed by atoms with Gasteiger partial charge in [-0.15, -0.1) is 11.3 Å². The molecule has 3 heterocycles. The van der Waals surface area contributed by atoms with Gasteiger partial charge in [-0.05, 0) is 55.6 Å². The first-order valence-electron chi connectivity index (χ1n) is 12.3. The molecule has 0 spiro atoms. The molecule has 1 saturated carbocycles. The molecule has 1 aliphatic carbocycles. The topological polar surface area (TPSA) is 70.8 Å². The van der Waals surface area contributed by atoms with Gasteiger partial charge in [0.15, 0.2) is 0 Å². The van der Waals surface area contributed by atoms with Crippen LogP contribution in [0.25, 0.3) is 31.7 Å². The van der Waals surface area contributed by atoms with Crippen molar-refractivity contribution in [2.24, 2.45) is 0 Å². The Kier molecular flexibility index (Phi) is 5.75. The SMILES string of the molecule is COc1ccc(-c2nc3sc4c(O)cccc4c3c(=O)n2CCN2CCN(C)CC2)c(C2CC2)c1. The van der Waals surface area contributed by atoms with E-state index < -0.39 is 0 Å². The van der Waals surface area contributed by atoms with Gasteiger partial charge in [0.1, 0.15) is 22.2 Å². The molecule has 2 aliphatic rings. The first kappa shape index (κ1) is 22.5. The third-order valence-electron chi connectivity index (χ3n) is 7.35. The number of phenols is 1. The second-order valence-electron chi connectivity index (χ2n) is 9.70. The lowest BCUT2D eigenvalue weighted by Gasteiger charge is -2.32. The van der Waals surface area contributed by atoms with Gasteiger partial charge in [0.05, 0.1) is 17.2 Å². The number of ether oxygens (including phenoxy) is 1. The molecular formula is C27H30N4O3S. The average molecular weight is 491 g/mol. The molecule has 0 atom stereocenters. The van der Waals surface area contributed by atoms with Crippen molar-refractivity contribution in [3.8, 4) is 22.9 Å². The summed E-state index contributed by atoms with van der Waals surface area (Å²) in [6.07, 6.45) is 2.29. The second-order valence-corrected chi connectivity index (χ2v) is 10.7. The Hall–Kier alpha value is -2.94. The lowest BCUT2D eigenvalue weighted by Crippen LogP contribution is -2.46. The van der Waals surface area contributed by atoms with Crippen LogP contribution in [-0.4, -0.2) is 71.3 Å². The normalized spacial score (nSPS) is 17.4. The fourth-order valence-electron chi connectivity index (χ4n) is 5.09.